The van der Waals surface area contributed by atoms with Crippen molar-refractivity contribution in [2.75, 3.05) is 5.32 Å². The third kappa shape index (κ3) is 2.58. The van der Waals surface area contributed by atoms with Crippen LogP contribution in [0, 0.1) is 12.7 Å². The normalized spacial score (nSPS) is 10.2. The molecule has 0 bridgehead atoms. The van der Waals surface area contributed by atoms with E-state index in [2.05, 4.69) is 26.2 Å². The van der Waals surface area contributed by atoms with Crippen molar-refractivity contribution in [2.45, 2.75) is 6.92 Å². The van der Waals surface area contributed by atoms with Crippen molar-refractivity contribution in [3.8, 4) is 0 Å². The molecule has 2 rings (SSSR count). The first-order valence-corrected chi connectivity index (χ1v) is 5.60. The maximum absolute atomic E-state index is 13.5. The van der Waals surface area contributed by atoms with Gasteiger partial charge >= 0.3 is 0 Å². The molecular formula is C12H10BrFN2. The molecule has 0 spiro atoms. The van der Waals surface area contributed by atoms with Gasteiger partial charge in [-0.25, -0.2) is 9.37 Å². The molecule has 0 fully saturated rings. The van der Waals surface area contributed by atoms with Crippen LogP contribution < -0.4 is 5.32 Å². The Morgan fingerprint density at radius 3 is 2.81 bits per heavy atom. The highest BCUT2D eigenvalue weighted by atomic mass is 79.9. The summed E-state index contributed by atoms with van der Waals surface area (Å²) in [4.78, 5) is 4.18. The summed E-state index contributed by atoms with van der Waals surface area (Å²) in [5, 5.41) is 2.94. The Balaban J connectivity index is 2.30. The summed E-state index contributed by atoms with van der Waals surface area (Å²) in [6, 6.07) is 10.4. The number of benzene rings is 1. The van der Waals surface area contributed by atoms with Crippen LogP contribution in [0.1, 0.15) is 5.56 Å². The lowest BCUT2D eigenvalue weighted by Crippen LogP contribution is -1.96. The van der Waals surface area contributed by atoms with Crippen LogP contribution in [0.3, 0.4) is 0 Å². The van der Waals surface area contributed by atoms with E-state index < -0.39 is 0 Å². The third-order valence-corrected chi connectivity index (χ3v) is 2.54. The van der Waals surface area contributed by atoms with Crippen molar-refractivity contribution in [1.29, 1.82) is 0 Å². The lowest BCUT2D eigenvalue weighted by molar-refractivity contribution is 0.631. The molecule has 82 valence electrons. The number of hydrogen-bond acceptors (Lipinski definition) is 2. The summed E-state index contributed by atoms with van der Waals surface area (Å²) in [5.74, 6) is 0.325. The van der Waals surface area contributed by atoms with E-state index in [4.69, 9.17) is 0 Å². The maximum atomic E-state index is 13.5. The molecule has 0 saturated carbocycles. The van der Waals surface area contributed by atoms with Gasteiger partial charge in [-0.05, 0) is 52.7 Å². The van der Waals surface area contributed by atoms with E-state index in [9.17, 15) is 4.39 Å². The summed E-state index contributed by atoms with van der Waals surface area (Å²) < 4.78 is 14.2. The van der Waals surface area contributed by atoms with Crippen LogP contribution in [0.2, 0.25) is 0 Å². The van der Waals surface area contributed by atoms with Crippen LogP contribution in [-0.2, 0) is 0 Å². The van der Waals surface area contributed by atoms with Gasteiger partial charge < -0.3 is 5.32 Å². The molecule has 1 aromatic carbocycles. The summed E-state index contributed by atoms with van der Waals surface area (Å²) in [5.41, 5.74) is 1.43. The molecule has 4 heteroatoms. The predicted octanol–water partition coefficient (Wildman–Crippen LogP) is 4.04. The van der Waals surface area contributed by atoms with Crippen LogP contribution in [0.4, 0.5) is 15.9 Å². The van der Waals surface area contributed by atoms with E-state index in [0.717, 1.165) is 5.56 Å². The summed E-state index contributed by atoms with van der Waals surface area (Å²) >= 11 is 3.26. The second kappa shape index (κ2) is 4.61. The van der Waals surface area contributed by atoms with Crippen molar-refractivity contribution in [3.63, 3.8) is 0 Å². The van der Waals surface area contributed by atoms with E-state index in [1.54, 1.807) is 18.2 Å². The van der Waals surface area contributed by atoms with Crippen molar-refractivity contribution in [2.24, 2.45) is 0 Å². The zero-order valence-corrected chi connectivity index (χ0v) is 10.3. The number of anilines is 2. The number of pyridine rings is 1. The molecule has 0 aliphatic carbocycles. The van der Waals surface area contributed by atoms with E-state index in [-0.39, 0.29) is 5.82 Å². The first kappa shape index (κ1) is 11.1. The lowest BCUT2D eigenvalue weighted by atomic mass is 10.2. The highest BCUT2D eigenvalue weighted by molar-refractivity contribution is 9.10. The first-order chi connectivity index (χ1) is 7.65. The molecule has 0 radical (unpaired) electrons. The van der Waals surface area contributed by atoms with Gasteiger partial charge in [0.1, 0.15) is 16.2 Å². The van der Waals surface area contributed by atoms with Gasteiger partial charge in [-0.1, -0.05) is 12.1 Å². The predicted molar refractivity (Wildman–Crippen MR) is 66.4 cm³/mol. The standard InChI is InChI=1S/C12H10BrFN2/c1-8-5-6-9(14)10(7-8)15-12-4-2-3-11(13)16-12/h2-7H,1H3,(H,15,16). The Labute approximate surface area is 102 Å². The molecule has 0 saturated heterocycles. The minimum atomic E-state index is -0.285. The van der Waals surface area contributed by atoms with E-state index in [1.165, 1.54) is 6.07 Å². The number of hydrogen-bond donors (Lipinski definition) is 1. The average molecular weight is 281 g/mol. The Morgan fingerprint density at radius 2 is 2.06 bits per heavy atom. The molecule has 1 aromatic heterocycles. The number of halogens is 2. The molecule has 0 amide bonds. The molecule has 1 heterocycles. The largest absolute Gasteiger partial charge is 0.338 e. The molecule has 0 atom stereocenters. The monoisotopic (exact) mass is 280 g/mol. The third-order valence-electron chi connectivity index (χ3n) is 2.10. The van der Waals surface area contributed by atoms with Gasteiger partial charge in [-0.2, -0.15) is 0 Å². The molecule has 2 nitrogen and oxygen atoms in total. The van der Waals surface area contributed by atoms with Crippen molar-refractivity contribution < 1.29 is 4.39 Å². The van der Waals surface area contributed by atoms with Crippen LogP contribution in [0.25, 0.3) is 0 Å². The van der Waals surface area contributed by atoms with Crippen LogP contribution in [0.15, 0.2) is 41.0 Å². The van der Waals surface area contributed by atoms with Gasteiger partial charge in [0.05, 0.1) is 5.69 Å². The van der Waals surface area contributed by atoms with Gasteiger partial charge in [-0.15, -0.1) is 0 Å². The highest BCUT2D eigenvalue weighted by Crippen LogP contribution is 2.20. The minimum absolute atomic E-state index is 0.285. The van der Waals surface area contributed by atoms with Gasteiger partial charge in [0, 0.05) is 0 Å². The number of nitrogens with zero attached hydrogens (tertiary/aromatic N) is 1. The zero-order chi connectivity index (χ0) is 11.5. The Hall–Kier alpha value is -1.42. The first-order valence-electron chi connectivity index (χ1n) is 4.81. The Bertz CT molecular complexity index is 514. The van der Waals surface area contributed by atoms with Crippen molar-refractivity contribution in [1.82, 2.24) is 4.98 Å². The van der Waals surface area contributed by atoms with Gasteiger partial charge in [0.2, 0.25) is 0 Å². The number of aryl methyl sites for hydroxylation is 1. The summed E-state index contributed by atoms with van der Waals surface area (Å²) in [7, 11) is 0. The number of rotatable bonds is 2. The second-order valence-electron chi connectivity index (χ2n) is 3.45. The fourth-order valence-electron chi connectivity index (χ4n) is 1.35. The quantitative estimate of drug-likeness (QED) is 0.840. The molecule has 0 aliphatic rings. The highest BCUT2D eigenvalue weighted by Gasteiger charge is 2.03. The van der Waals surface area contributed by atoms with Crippen molar-refractivity contribution in [3.05, 3.63) is 52.4 Å². The van der Waals surface area contributed by atoms with Crippen LogP contribution >= 0.6 is 15.9 Å². The van der Waals surface area contributed by atoms with Crippen molar-refractivity contribution >= 4 is 27.4 Å². The second-order valence-corrected chi connectivity index (χ2v) is 4.27. The van der Waals surface area contributed by atoms with E-state index in [0.29, 0.717) is 16.1 Å². The van der Waals surface area contributed by atoms with Crippen LogP contribution in [-0.4, -0.2) is 4.98 Å². The van der Waals surface area contributed by atoms with Gasteiger partial charge in [0.15, 0.2) is 0 Å². The maximum Gasteiger partial charge on any atom is 0.146 e. The topological polar surface area (TPSA) is 24.9 Å². The van der Waals surface area contributed by atoms with Crippen LogP contribution in [0.5, 0.6) is 0 Å². The smallest absolute Gasteiger partial charge is 0.146 e. The Kier molecular flexibility index (Phi) is 3.19. The lowest BCUT2D eigenvalue weighted by Gasteiger charge is -2.07. The molecule has 0 aliphatic heterocycles. The molecule has 16 heavy (non-hydrogen) atoms. The number of nitrogens with one attached hydrogen (secondary N) is 1. The fourth-order valence-corrected chi connectivity index (χ4v) is 1.69. The zero-order valence-electron chi connectivity index (χ0n) is 8.67. The average Bonchev–Trinajstić information content (AvgIpc) is 2.24. The molecule has 0 unspecified atom stereocenters. The molecular weight excluding hydrogens is 271 g/mol. The summed E-state index contributed by atoms with van der Waals surface area (Å²) in [6.07, 6.45) is 0. The van der Waals surface area contributed by atoms with Gasteiger partial charge in [-0.3, -0.25) is 0 Å². The van der Waals surface area contributed by atoms with E-state index >= 15 is 0 Å². The molecule has 1 N–H and O–H groups in total. The van der Waals surface area contributed by atoms with Gasteiger partial charge in [0.25, 0.3) is 0 Å². The fraction of sp³-hybridized carbons (Fsp3) is 0.0833. The molecule has 2 aromatic rings. The summed E-state index contributed by atoms with van der Waals surface area (Å²) in [6.45, 7) is 1.92. The Morgan fingerprint density at radius 1 is 1.25 bits per heavy atom. The van der Waals surface area contributed by atoms with E-state index in [1.807, 2.05) is 19.1 Å². The number of aromatic nitrogens is 1. The SMILES string of the molecule is Cc1ccc(F)c(Nc2cccc(Br)n2)c1. The minimum Gasteiger partial charge on any atom is -0.338 e.